The van der Waals surface area contributed by atoms with Crippen molar-refractivity contribution in [1.82, 2.24) is 10.2 Å². The maximum absolute atomic E-state index is 13.9. The summed E-state index contributed by atoms with van der Waals surface area (Å²) in [5.41, 5.74) is -0.617. The molecule has 3 heterocycles. The van der Waals surface area contributed by atoms with Gasteiger partial charge in [-0.05, 0) is 42.9 Å². The molecular formula is C28H36ClN3O5. The molecule has 1 aliphatic carbocycles. The number of benzene rings is 1. The second-order valence-electron chi connectivity index (χ2n) is 11.0. The van der Waals surface area contributed by atoms with Crippen LogP contribution in [0.25, 0.3) is 0 Å². The summed E-state index contributed by atoms with van der Waals surface area (Å²) in [7, 11) is 1.61. The van der Waals surface area contributed by atoms with Gasteiger partial charge in [0.1, 0.15) is 11.6 Å². The Bertz CT molecular complexity index is 1100. The minimum atomic E-state index is -1.17. The summed E-state index contributed by atoms with van der Waals surface area (Å²) in [5, 5.41) is 6.67. The number of methoxy groups -OCH3 is 1. The van der Waals surface area contributed by atoms with Gasteiger partial charge in [-0.3, -0.25) is 14.4 Å². The predicted octanol–water partition coefficient (Wildman–Crippen LogP) is 3.41. The first-order valence-corrected chi connectivity index (χ1v) is 13.7. The Morgan fingerprint density at radius 3 is 2.81 bits per heavy atom. The third-order valence-corrected chi connectivity index (χ3v) is 9.03. The zero-order valence-corrected chi connectivity index (χ0v) is 22.4. The van der Waals surface area contributed by atoms with Gasteiger partial charge in [-0.1, -0.05) is 56.5 Å². The van der Waals surface area contributed by atoms with Crippen molar-refractivity contribution in [3.05, 3.63) is 41.4 Å². The van der Waals surface area contributed by atoms with Crippen LogP contribution in [-0.2, 0) is 23.9 Å². The molecule has 1 aromatic rings. The minimum Gasteiger partial charge on any atom is -0.385 e. The summed E-state index contributed by atoms with van der Waals surface area (Å²) in [6.45, 7) is 5.22. The molecule has 2 bridgehead atoms. The average molecular weight is 530 g/mol. The fourth-order valence-electron chi connectivity index (χ4n) is 6.73. The number of rotatable bonds is 8. The van der Waals surface area contributed by atoms with Gasteiger partial charge < -0.3 is 25.0 Å². The molecule has 1 saturated carbocycles. The lowest BCUT2D eigenvalue weighted by molar-refractivity contribution is -0.141. The van der Waals surface area contributed by atoms with E-state index in [1.165, 1.54) is 0 Å². The van der Waals surface area contributed by atoms with Crippen LogP contribution in [0.15, 0.2) is 36.4 Å². The number of ether oxygens (including phenoxy) is 2. The molecule has 37 heavy (non-hydrogen) atoms. The van der Waals surface area contributed by atoms with Gasteiger partial charge in [-0.15, -0.1) is 0 Å². The number of fused-ring (bicyclic) bond motifs is 1. The number of halogens is 1. The molecule has 2 N–H and O–H groups in total. The first-order chi connectivity index (χ1) is 17.8. The molecule has 200 valence electrons. The molecular weight excluding hydrogens is 494 g/mol. The number of hydrogen-bond donors (Lipinski definition) is 2. The first-order valence-electron chi connectivity index (χ1n) is 13.3. The summed E-state index contributed by atoms with van der Waals surface area (Å²) >= 11 is 6.09. The zero-order chi connectivity index (χ0) is 26.3. The quantitative estimate of drug-likeness (QED) is 0.397. The number of nitrogens with one attached hydrogen (secondary N) is 2. The maximum atomic E-state index is 13.9. The molecule has 0 unspecified atom stereocenters. The van der Waals surface area contributed by atoms with Crippen LogP contribution in [0.2, 0.25) is 5.02 Å². The number of carbonyl (C=O) groups is 3. The highest BCUT2D eigenvalue weighted by Crippen LogP contribution is 2.55. The van der Waals surface area contributed by atoms with Crippen LogP contribution >= 0.6 is 11.6 Å². The van der Waals surface area contributed by atoms with E-state index in [0.717, 1.165) is 19.3 Å². The molecule has 2 saturated heterocycles. The van der Waals surface area contributed by atoms with E-state index in [0.29, 0.717) is 42.1 Å². The molecule has 1 aromatic carbocycles. The van der Waals surface area contributed by atoms with Gasteiger partial charge in [0.15, 0.2) is 0 Å². The Labute approximate surface area is 223 Å². The van der Waals surface area contributed by atoms with E-state index in [2.05, 4.69) is 24.5 Å². The molecule has 8 nitrogen and oxygen atoms in total. The van der Waals surface area contributed by atoms with Crippen LogP contribution in [0.3, 0.4) is 0 Å². The van der Waals surface area contributed by atoms with Crippen LogP contribution < -0.4 is 10.6 Å². The lowest BCUT2D eigenvalue weighted by Gasteiger charge is -2.38. The molecule has 9 heteroatoms. The van der Waals surface area contributed by atoms with E-state index in [-0.39, 0.29) is 23.8 Å². The lowest BCUT2D eigenvalue weighted by atomic mass is 9.73. The summed E-state index contributed by atoms with van der Waals surface area (Å²) in [4.78, 5) is 42.9. The van der Waals surface area contributed by atoms with Gasteiger partial charge in [-0.25, -0.2) is 0 Å². The van der Waals surface area contributed by atoms with E-state index >= 15 is 0 Å². The van der Waals surface area contributed by atoms with Crippen molar-refractivity contribution in [3.63, 3.8) is 0 Å². The monoisotopic (exact) mass is 529 g/mol. The van der Waals surface area contributed by atoms with Gasteiger partial charge in [0.05, 0.1) is 17.9 Å². The van der Waals surface area contributed by atoms with Crippen molar-refractivity contribution < 1.29 is 23.9 Å². The van der Waals surface area contributed by atoms with Crippen LogP contribution in [0.5, 0.6) is 0 Å². The van der Waals surface area contributed by atoms with Crippen molar-refractivity contribution in [2.75, 3.05) is 25.6 Å². The smallest absolute Gasteiger partial charge is 0.246 e. The van der Waals surface area contributed by atoms with Gasteiger partial charge in [0, 0.05) is 37.0 Å². The van der Waals surface area contributed by atoms with Gasteiger partial charge in [-0.2, -0.15) is 0 Å². The SMILES string of the molecule is COCCCN1C(=O)[C@H]2[C@H](C(=O)Nc3cccc(Cl)c3)[C@H]3C=C[C@@]2(O3)[C@@H]1C(=O)N[C@@H]1CCC[C@H](C)[C@H]1C. The maximum Gasteiger partial charge on any atom is 0.246 e. The molecule has 1 spiro atoms. The Morgan fingerprint density at radius 1 is 1.24 bits per heavy atom. The first kappa shape index (κ1) is 26.2. The standard InChI is InChI=1S/C28H36ClN3O5/c1-16-7-4-10-20(17(16)2)31-26(34)24-28-12-11-21(37-28)22(23(28)27(35)32(24)13-6-14-36-3)25(33)30-19-9-5-8-18(29)15-19/h5,8-9,11-12,15-17,20-24H,4,6-7,10,13-14H2,1-3H3,(H,30,33)(H,31,34)/t16-,17+,20+,21+,22+,23+,24-,28-/m0/s1. The number of likely N-dealkylation sites (tertiary alicyclic amines) is 1. The Hall–Kier alpha value is -2.42. The number of nitrogens with zero attached hydrogens (tertiary/aromatic N) is 1. The average Bonchev–Trinajstić information content (AvgIpc) is 3.50. The van der Waals surface area contributed by atoms with Crippen molar-refractivity contribution in [2.45, 2.75) is 63.3 Å². The van der Waals surface area contributed by atoms with E-state index in [1.54, 1.807) is 36.3 Å². The highest BCUT2D eigenvalue weighted by molar-refractivity contribution is 6.30. The lowest BCUT2D eigenvalue weighted by Crippen LogP contribution is -2.58. The van der Waals surface area contributed by atoms with Crippen molar-refractivity contribution in [2.24, 2.45) is 23.7 Å². The van der Waals surface area contributed by atoms with Crippen LogP contribution in [0.4, 0.5) is 5.69 Å². The molecule has 3 amide bonds. The molecule has 3 aliphatic heterocycles. The van der Waals surface area contributed by atoms with E-state index in [1.807, 2.05) is 12.2 Å². The number of amides is 3. The second kappa shape index (κ2) is 10.4. The molecule has 0 aromatic heterocycles. The summed E-state index contributed by atoms with van der Waals surface area (Å²) in [6, 6.07) is 6.10. The highest BCUT2D eigenvalue weighted by atomic mass is 35.5. The van der Waals surface area contributed by atoms with Gasteiger partial charge in [0.2, 0.25) is 17.7 Å². The van der Waals surface area contributed by atoms with Crippen molar-refractivity contribution >= 4 is 35.0 Å². The fraction of sp³-hybridized carbons (Fsp3) is 0.607. The van der Waals surface area contributed by atoms with Crippen molar-refractivity contribution in [3.8, 4) is 0 Å². The topological polar surface area (TPSA) is 97.0 Å². The van der Waals surface area contributed by atoms with Crippen LogP contribution in [0.1, 0.15) is 39.5 Å². The van der Waals surface area contributed by atoms with Crippen LogP contribution in [0, 0.1) is 23.7 Å². The normalized spacial score (nSPS) is 36.1. The van der Waals surface area contributed by atoms with Crippen molar-refractivity contribution in [1.29, 1.82) is 0 Å². The summed E-state index contributed by atoms with van der Waals surface area (Å²) in [5.74, 6) is -1.40. The number of hydrogen-bond acceptors (Lipinski definition) is 5. The number of anilines is 1. The van der Waals surface area contributed by atoms with E-state index in [9.17, 15) is 14.4 Å². The third kappa shape index (κ3) is 4.57. The largest absolute Gasteiger partial charge is 0.385 e. The molecule has 3 fully saturated rings. The zero-order valence-electron chi connectivity index (χ0n) is 21.6. The molecule has 4 aliphatic rings. The number of carbonyl (C=O) groups excluding carboxylic acids is 3. The molecule has 8 atom stereocenters. The second-order valence-corrected chi connectivity index (χ2v) is 11.4. The summed E-state index contributed by atoms with van der Waals surface area (Å²) < 4.78 is 11.6. The Morgan fingerprint density at radius 2 is 2.05 bits per heavy atom. The van der Waals surface area contributed by atoms with Gasteiger partial charge >= 0.3 is 0 Å². The fourth-order valence-corrected chi connectivity index (χ4v) is 6.92. The predicted molar refractivity (Wildman–Crippen MR) is 140 cm³/mol. The van der Waals surface area contributed by atoms with Gasteiger partial charge in [0.25, 0.3) is 0 Å². The summed E-state index contributed by atoms with van der Waals surface area (Å²) in [6.07, 6.45) is 6.82. The third-order valence-electron chi connectivity index (χ3n) is 8.80. The minimum absolute atomic E-state index is 0.0483. The highest BCUT2D eigenvalue weighted by Gasteiger charge is 2.72. The molecule has 0 radical (unpaired) electrons. The Kier molecular flexibility index (Phi) is 7.35. The van der Waals surface area contributed by atoms with E-state index in [4.69, 9.17) is 21.1 Å². The Balaban J connectivity index is 1.42. The van der Waals surface area contributed by atoms with E-state index < -0.39 is 29.6 Å². The van der Waals surface area contributed by atoms with Crippen LogP contribution in [-0.4, -0.2) is 66.7 Å². The molecule has 5 rings (SSSR count).